The standard InChI is InChI=1S/C12H17F9/c1-2-3-4-5-6-7-8-9(10(13,14)15,11(16,17)18)12(19,20)21/h2-8H2,1H3. The summed E-state index contributed by atoms with van der Waals surface area (Å²) < 4.78 is 113. The van der Waals surface area contributed by atoms with E-state index in [4.69, 9.17) is 0 Å². The fraction of sp³-hybridized carbons (Fsp3) is 1.00. The molecule has 0 radical (unpaired) electrons. The third-order valence-corrected chi connectivity index (χ3v) is 3.36. The Labute approximate surface area is 116 Å². The zero-order chi connectivity index (χ0) is 16.9. The monoisotopic (exact) mass is 332 g/mol. The summed E-state index contributed by atoms with van der Waals surface area (Å²) in [5.41, 5.74) is -5.64. The average molecular weight is 332 g/mol. The molecule has 0 aliphatic carbocycles. The van der Waals surface area contributed by atoms with Gasteiger partial charge in [0.15, 0.2) is 0 Å². The van der Waals surface area contributed by atoms with Crippen LogP contribution in [0, 0.1) is 5.41 Å². The summed E-state index contributed by atoms with van der Waals surface area (Å²) >= 11 is 0. The highest BCUT2D eigenvalue weighted by Gasteiger charge is 2.82. The summed E-state index contributed by atoms with van der Waals surface area (Å²) in [6.45, 7) is 1.85. The molecule has 0 aromatic heterocycles. The van der Waals surface area contributed by atoms with Gasteiger partial charge in [0.2, 0.25) is 0 Å². The van der Waals surface area contributed by atoms with Crippen molar-refractivity contribution >= 4 is 0 Å². The number of hydrogen-bond donors (Lipinski definition) is 0. The SMILES string of the molecule is CCCCCCCCC(C(F)(F)F)(C(F)(F)F)C(F)(F)F. The van der Waals surface area contributed by atoms with Gasteiger partial charge in [-0.25, -0.2) is 0 Å². The van der Waals surface area contributed by atoms with Gasteiger partial charge < -0.3 is 0 Å². The molecule has 0 N–H and O–H groups in total. The topological polar surface area (TPSA) is 0 Å². The highest BCUT2D eigenvalue weighted by Crippen LogP contribution is 2.61. The molecule has 0 bridgehead atoms. The second kappa shape index (κ2) is 7.09. The van der Waals surface area contributed by atoms with Gasteiger partial charge in [0.25, 0.3) is 5.41 Å². The molecule has 0 aliphatic heterocycles. The van der Waals surface area contributed by atoms with Crippen LogP contribution in [0.1, 0.15) is 51.9 Å². The minimum Gasteiger partial charge on any atom is -0.170 e. The molecule has 0 saturated carbocycles. The van der Waals surface area contributed by atoms with E-state index in [1.807, 2.05) is 6.92 Å². The molecule has 0 aromatic carbocycles. The molecule has 0 spiro atoms. The molecule has 0 amide bonds. The predicted octanol–water partition coefficient (Wildman–Crippen LogP) is 6.41. The van der Waals surface area contributed by atoms with Crippen LogP contribution in [0.3, 0.4) is 0 Å². The number of hydrogen-bond acceptors (Lipinski definition) is 0. The first-order chi connectivity index (χ1) is 9.31. The molecule has 0 rings (SSSR count). The number of alkyl halides is 9. The average Bonchev–Trinajstić information content (AvgIpc) is 2.22. The lowest BCUT2D eigenvalue weighted by molar-refractivity contribution is -0.429. The Bertz CT molecular complexity index is 261. The summed E-state index contributed by atoms with van der Waals surface area (Å²) in [6, 6.07) is 0. The minimum absolute atomic E-state index is 0.0933. The fourth-order valence-corrected chi connectivity index (χ4v) is 2.08. The second-order valence-electron chi connectivity index (χ2n) is 4.92. The first-order valence-corrected chi connectivity index (χ1v) is 6.51. The van der Waals surface area contributed by atoms with Crippen LogP contribution in [-0.4, -0.2) is 18.5 Å². The molecule has 0 nitrogen and oxygen atoms in total. The molecular formula is C12H17F9. The van der Waals surface area contributed by atoms with Crippen molar-refractivity contribution in [2.45, 2.75) is 70.4 Å². The summed E-state index contributed by atoms with van der Waals surface area (Å²) in [7, 11) is 0. The van der Waals surface area contributed by atoms with Gasteiger partial charge >= 0.3 is 18.5 Å². The zero-order valence-electron chi connectivity index (χ0n) is 11.4. The van der Waals surface area contributed by atoms with E-state index in [1.54, 1.807) is 0 Å². The predicted molar refractivity (Wildman–Crippen MR) is 58.6 cm³/mol. The van der Waals surface area contributed by atoms with Gasteiger partial charge in [0, 0.05) is 0 Å². The Morgan fingerprint density at radius 3 is 1.19 bits per heavy atom. The maximum atomic E-state index is 12.6. The van der Waals surface area contributed by atoms with Crippen molar-refractivity contribution in [3.63, 3.8) is 0 Å². The van der Waals surface area contributed by atoms with Crippen molar-refractivity contribution < 1.29 is 39.5 Å². The normalized spacial score (nSPS) is 14.6. The Balaban J connectivity index is 5.08. The van der Waals surface area contributed by atoms with Gasteiger partial charge in [-0.05, 0) is 6.42 Å². The smallest absolute Gasteiger partial charge is 0.170 e. The van der Waals surface area contributed by atoms with Crippen LogP contribution < -0.4 is 0 Å². The highest BCUT2D eigenvalue weighted by atomic mass is 19.4. The lowest BCUT2D eigenvalue weighted by Crippen LogP contribution is -2.59. The quantitative estimate of drug-likeness (QED) is 0.373. The van der Waals surface area contributed by atoms with Crippen LogP contribution in [0.5, 0.6) is 0 Å². The lowest BCUT2D eigenvalue weighted by Gasteiger charge is -2.38. The molecule has 0 saturated heterocycles. The third-order valence-electron chi connectivity index (χ3n) is 3.36. The Morgan fingerprint density at radius 2 is 0.857 bits per heavy atom. The van der Waals surface area contributed by atoms with Gasteiger partial charge in [-0.2, -0.15) is 39.5 Å². The van der Waals surface area contributed by atoms with Crippen molar-refractivity contribution in [1.29, 1.82) is 0 Å². The van der Waals surface area contributed by atoms with Crippen LogP contribution in [0.15, 0.2) is 0 Å². The third kappa shape index (κ3) is 4.67. The first-order valence-electron chi connectivity index (χ1n) is 6.51. The van der Waals surface area contributed by atoms with Crippen LogP contribution in [-0.2, 0) is 0 Å². The van der Waals surface area contributed by atoms with Crippen LogP contribution in [0.25, 0.3) is 0 Å². The molecular weight excluding hydrogens is 315 g/mol. The van der Waals surface area contributed by atoms with E-state index in [9.17, 15) is 39.5 Å². The highest BCUT2D eigenvalue weighted by molar-refractivity contribution is 4.99. The Kier molecular flexibility index (Phi) is 6.87. The number of unbranched alkanes of at least 4 members (excludes halogenated alkanes) is 5. The first kappa shape index (κ1) is 20.4. The van der Waals surface area contributed by atoms with Crippen LogP contribution >= 0.6 is 0 Å². The van der Waals surface area contributed by atoms with E-state index in [-0.39, 0.29) is 6.42 Å². The van der Waals surface area contributed by atoms with E-state index >= 15 is 0 Å². The molecule has 0 fully saturated rings. The number of rotatable bonds is 7. The summed E-state index contributed by atoms with van der Waals surface area (Å²) in [6.07, 6.45) is -19.7. The lowest BCUT2D eigenvalue weighted by atomic mass is 9.80. The molecule has 0 heterocycles. The van der Waals surface area contributed by atoms with Crippen molar-refractivity contribution in [2.75, 3.05) is 0 Å². The fourth-order valence-electron chi connectivity index (χ4n) is 2.08. The maximum absolute atomic E-state index is 12.6. The van der Waals surface area contributed by atoms with Crippen molar-refractivity contribution in [3.05, 3.63) is 0 Å². The Morgan fingerprint density at radius 1 is 0.524 bits per heavy atom. The van der Waals surface area contributed by atoms with E-state index < -0.39 is 36.8 Å². The zero-order valence-corrected chi connectivity index (χ0v) is 11.4. The molecule has 9 heteroatoms. The number of halogens is 9. The van der Waals surface area contributed by atoms with E-state index in [0.717, 1.165) is 12.8 Å². The van der Waals surface area contributed by atoms with Gasteiger partial charge in [0.1, 0.15) is 0 Å². The molecule has 0 atom stereocenters. The summed E-state index contributed by atoms with van der Waals surface area (Å²) in [5.74, 6) is 0. The second-order valence-corrected chi connectivity index (χ2v) is 4.92. The summed E-state index contributed by atoms with van der Waals surface area (Å²) in [4.78, 5) is 0. The molecule has 0 aliphatic rings. The van der Waals surface area contributed by atoms with Gasteiger partial charge in [-0.3, -0.25) is 0 Å². The van der Waals surface area contributed by atoms with Gasteiger partial charge in [0.05, 0.1) is 0 Å². The molecule has 0 aromatic rings. The van der Waals surface area contributed by atoms with Gasteiger partial charge in [-0.1, -0.05) is 45.4 Å². The van der Waals surface area contributed by atoms with Crippen molar-refractivity contribution in [2.24, 2.45) is 5.41 Å². The van der Waals surface area contributed by atoms with Crippen LogP contribution in [0.4, 0.5) is 39.5 Å². The maximum Gasteiger partial charge on any atom is 0.412 e. The van der Waals surface area contributed by atoms with Crippen molar-refractivity contribution in [1.82, 2.24) is 0 Å². The van der Waals surface area contributed by atoms with Crippen molar-refractivity contribution in [3.8, 4) is 0 Å². The Hall–Kier alpha value is -0.630. The summed E-state index contributed by atoms with van der Waals surface area (Å²) in [5, 5.41) is 0. The van der Waals surface area contributed by atoms with E-state index in [2.05, 4.69) is 0 Å². The molecule has 0 unspecified atom stereocenters. The van der Waals surface area contributed by atoms with Crippen LogP contribution in [0.2, 0.25) is 0 Å². The minimum atomic E-state index is -6.42. The molecule has 21 heavy (non-hydrogen) atoms. The largest absolute Gasteiger partial charge is 0.412 e. The van der Waals surface area contributed by atoms with E-state index in [0.29, 0.717) is 12.8 Å². The van der Waals surface area contributed by atoms with E-state index in [1.165, 1.54) is 0 Å². The molecule has 128 valence electrons. The van der Waals surface area contributed by atoms with Gasteiger partial charge in [-0.15, -0.1) is 0 Å².